The van der Waals surface area contributed by atoms with Crippen molar-refractivity contribution in [1.29, 1.82) is 0 Å². The van der Waals surface area contributed by atoms with Crippen LogP contribution in [0.5, 0.6) is 0 Å². The first-order chi connectivity index (χ1) is 8.79. The van der Waals surface area contributed by atoms with Gasteiger partial charge in [-0.15, -0.1) is 10.2 Å². The lowest BCUT2D eigenvalue weighted by molar-refractivity contribution is -0.392. The van der Waals surface area contributed by atoms with E-state index < -0.39 is 21.9 Å². The van der Waals surface area contributed by atoms with Gasteiger partial charge in [-0.25, -0.2) is 0 Å². The number of imidazole rings is 1. The molecule has 0 aliphatic rings. The third-order valence-corrected chi connectivity index (χ3v) is 4.05. The molecule has 0 amide bonds. The minimum Gasteiger partial charge on any atom is -0.358 e. The van der Waals surface area contributed by atoms with Crippen molar-refractivity contribution < 1.29 is 18.1 Å². The lowest BCUT2D eigenvalue weighted by Gasteiger charge is -1.98. The highest BCUT2D eigenvalue weighted by Crippen LogP contribution is 2.39. The average molecular weight is 311 g/mol. The van der Waals surface area contributed by atoms with Crippen LogP contribution in [0, 0.1) is 10.1 Å². The highest BCUT2D eigenvalue weighted by atomic mass is 32.2. The summed E-state index contributed by atoms with van der Waals surface area (Å²) in [6.45, 7) is 0. The van der Waals surface area contributed by atoms with E-state index in [9.17, 15) is 23.3 Å². The molecular weight excluding hydrogens is 307 g/mol. The highest BCUT2D eigenvalue weighted by Gasteiger charge is 2.36. The molecular formula is C7H4F3N5O2S2. The molecule has 0 fully saturated rings. The minimum atomic E-state index is -4.57. The Morgan fingerprint density at radius 2 is 2.16 bits per heavy atom. The quantitative estimate of drug-likeness (QED) is 0.639. The van der Waals surface area contributed by atoms with Gasteiger partial charge >= 0.3 is 12.0 Å². The Labute approximate surface area is 111 Å². The van der Waals surface area contributed by atoms with Crippen molar-refractivity contribution in [3.05, 3.63) is 21.4 Å². The van der Waals surface area contributed by atoms with Gasteiger partial charge in [0.25, 0.3) is 0 Å². The third kappa shape index (κ3) is 2.84. The summed E-state index contributed by atoms with van der Waals surface area (Å²) in [4.78, 5) is 13.5. The second kappa shape index (κ2) is 4.77. The van der Waals surface area contributed by atoms with E-state index in [0.29, 0.717) is 23.1 Å². The van der Waals surface area contributed by atoms with E-state index in [2.05, 4.69) is 15.2 Å². The number of alkyl halides is 3. The molecule has 0 bridgehead atoms. The zero-order valence-electron chi connectivity index (χ0n) is 9.08. The maximum atomic E-state index is 12.3. The number of nitrogens with zero attached hydrogens (tertiary/aromatic N) is 5. The minimum absolute atomic E-state index is 0.0426. The molecule has 0 aliphatic carbocycles. The first kappa shape index (κ1) is 13.7. The van der Waals surface area contributed by atoms with E-state index in [1.165, 1.54) is 17.9 Å². The van der Waals surface area contributed by atoms with Gasteiger partial charge in [0.2, 0.25) is 11.3 Å². The van der Waals surface area contributed by atoms with Gasteiger partial charge in [0, 0.05) is 7.05 Å². The van der Waals surface area contributed by atoms with E-state index >= 15 is 0 Å². The summed E-state index contributed by atoms with van der Waals surface area (Å²) in [5.74, 6) is -0.434. The van der Waals surface area contributed by atoms with E-state index in [-0.39, 0.29) is 9.37 Å². The Morgan fingerprint density at radius 3 is 2.68 bits per heavy atom. The molecule has 7 nitrogen and oxygen atoms in total. The Kier molecular flexibility index (Phi) is 3.45. The fourth-order valence-corrected chi connectivity index (χ4v) is 2.84. The van der Waals surface area contributed by atoms with Gasteiger partial charge < -0.3 is 14.7 Å². The number of rotatable bonds is 3. The van der Waals surface area contributed by atoms with Crippen LogP contribution >= 0.6 is 23.1 Å². The average Bonchev–Trinajstić information content (AvgIpc) is 2.87. The Morgan fingerprint density at radius 1 is 1.47 bits per heavy atom. The van der Waals surface area contributed by atoms with Gasteiger partial charge in [0.15, 0.2) is 9.37 Å². The number of aromatic nitrogens is 4. The third-order valence-electron chi connectivity index (χ3n) is 1.87. The first-order valence-corrected chi connectivity index (χ1v) is 6.16. The van der Waals surface area contributed by atoms with Crippen LogP contribution in [0.2, 0.25) is 0 Å². The summed E-state index contributed by atoms with van der Waals surface area (Å²) in [7, 11) is 1.49. The lowest BCUT2D eigenvalue weighted by atomic mass is 10.7. The largest absolute Gasteiger partial charge is 0.445 e. The maximum Gasteiger partial charge on any atom is 0.445 e. The van der Waals surface area contributed by atoms with E-state index in [4.69, 9.17) is 0 Å². The Hall–Kier alpha value is -1.69. The fourth-order valence-electron chi connectivity index (χ4n) is 1.10. The number of halogens is 3. The lowest BCUT2D eigenvalue weighted by Crippen LogP contribution is -2.03. The van der Waals surface area contributed by atoms with Crippen molar-refractivity contribution >= 4 is 28.9 Å². The number of hydrogen-bond donors (Lipinski definition) is 0. The normalized spacial score (nSPS) is 11.8. The predicted molar refractivity (Wildman–Crippen MR) is 58.9 cm³/mol. The highest BCUT2D eigenvalue weighted by molar-refractivity contribution is 8.01. The molecule has 19 heavy (non-hydrogen) atoms. The Balaban J connectivity index is 2.29. The first-order valence-electron chi connectivity index (χ1n) is 4.53. The zero-order chi connectivity index (χ0) is 14.2. The standard InChI is InChI=1S/C7H4F3N5O2S2/c1-14-2-11-3(15(16)17)4(14)18-6-13-12-5(19-6)7(8,9)10/h2H,1H3. The molecule has 102 valence electrons. The van der Waals surface area contributed by atoms with Crippen LogP contribution in [0.4, 0.5) is 19.0 Å². The molecule has 2 aromatic rings. The molecule has 0 atom stereocenters. The van der Waals surface area contributed by atoms with E-state index in [1.54, 1.807) is 0 Å². The van der Waals surface area contributed by atoms with Crippen LogP contribution in [0.25, 0.3) is 0 Å². The molecule has 0 saturated carbocycles. The summed E-state index contributed by atoms with van der Waals surface area (Å²) >= 11 is 1.04. The van der Waals surface area contributed by atoms with Crippen LogP contribution in [0.1, 0.15) is 5.01 Å². The summed E-state index contributed by atoms with van der Waals surface area (Å²) in [6.07, 6.45) is -3.37. The van der Waals surface area contributed by atoms with Crippen molar-refractivity contribution in [2.75, 3.05) is 0 Å². The molecule has 2 rings (SSSR count). The van der Waals surface area contributed by atoms with Crippen LogP contribution in [-0.4, -0.2) is 24.7 Å². The van der Waals surface area contributed by atoms with Gasteiger partial charge in [-0.2, -0.15) is 13.2 Å². The van der Waals surface area contributed by atoms with Crippen molar-refractivity contribution in [2.24, 2.45) is 7.05 Å². The molecule has 0 spiro atoms. The van der Waals surface area contributed by atoms with E-state index in [1.807, 2.05) is 0 Å². The van der Waals surface area contributed by atoms with Crippen LogP contribution in [-0.2, 0) is 13.2 Å². The van der Waals surface area contributed by atoms with Crippen LogP contribution < -0.4 is 0 Å². The molecule has 0 unspecified atom stereocenters. The SMILES string of the molecule is Cn1cnc([N+](=O)[O-])c1Sc1nnc(C(F)(F)F)s1. The zero-order valence-corrected chi connectivity index (χ0v) is 10.7. The molecule has 0 saturated heterocycles. The summed E-state index contributed by atoms with van der Waals surface area (Å²) in [5.41, 5.74) is 0. The van der Waals surface area contributed by atoms with Gasteiger partial charge in [-0.05, 0) is 21.7 Å². The van der Waals surface area contributed by atoms with Gasteiger partial charge in [0.1, 0.15) is 0 Å². The summed E-state index contributed by atoms with van der Waals surface area (Å²) < 4.78 is 38.3. The molecule has 0 aliphatic heterocycles. The predicted octanol–water partition coefficient (Wildman–Crippen LogP) is 2.35. The second-order valence-electron chi connectivity index (χ2n) is 3.21. The number of nitro groups is 1. The van der Waals surface area contributed by atoms with Crippen molar-refractivity contribution in [2.45, 2.75) is 15.5 Å². The van der Waals surface area contributed by atoms with Crippen LogP contribution in [0.15, 0.2) is 15.7 Å². The molecule has 12 heteroatoms. The van der Waals surface area contributed by atoms with Crippen molar-refractivity contribution in [1.82, 2.24) is 19.7 Å². The molecule has 2 aromatic heterocycles. The summed E-state index contributed by atoms with van der Waals surface area (Å²) in [6, 6.07) is 0. The molecule has 0 radical (unpaired) electrons. The summed E-state index contributed by atoms with van der Waals surface area (Å²) in [5, 5.41) is 16.0. The van der Waals surface area contributed by atoms with Crippen molar-refractivity contribution in [3.8, 4) is 0 Å². The smallest absolute Gasteiger partial charge is 0.358 e. The Bertz CT molecular complexity index is 623. The van der Waals surface area contributed by atoms with Gasteiger partial charge in [-0.1, -0.05) is 11.3 Å². The van der Waals surface area contributed by atoms with Crippen molar-refractivity contribution in [3.63, 3.8) is 0 Å². The maximum absolute atomic E-state index is 12.3. The molecule has 0 aromatic carbocycles. The molecule has 2 heterocycles. The fraction of sp³-hybridized carbons (Fsp3) is 0.286. The monoisotopic (exact) mass is 311 g/mol. The van der Waals surface area contributed by atoms with Gasteiger partial charge in [-0.3, -0.25) is 0 Å². The van der Waals surface area contributed by atoms with Crippen LogP contribution in [0.3, 0.4) is 0 Å². The number of hydrogen-bond acceptors (Lipinski definition) is 7. The van der Waals surface area contributed by atoms with E-state index in [0.717, 1.165) is 0 Å². The van der Waals surface area contributed by atoms with Gasteiger partial charge in [0.05, 0.1) is 0 Å². The topological polar surface area (TPSA) is 86.7 Å². The second-order valence-corrected chi connectivity index (χ2v) is 5.43. The molecule has 0 N–H and O–H groups in total. The number of aryl methyl sites for hydroxylation is 1.